The lowest BCUT2D eigenvalue weighted by Gasteiger charge is -2.18. The van der Waals surface area contributed by atoms with E-state index in [1.54, 1.807) is 35.7 Å². The molecular formula is C27H27N7O4. The molecule has 0 amide bonds. The predicted octanol–water partition coefficient (Wildman–Crippen LogP) is 2.63. The summed E-state index contributed by atoms with van der Waals surface area (Å²) in [7, 11) is 4.78. The molecule has 1 unspecified atom stereocenters. The third-order valence-corrected chi connectivity index (χ3v) is 7.07. The minimum atomic E-state index is -0.347. The second-order valence-corrected chi connectivity index (χ2v) is 9.34. The molecule has 4 aromatic heterocycles. The molecule has 11 heteroatoms. The highest BCUT2D eigenvalue weighted by atomic mass is 16.5. The predicted molar refractivity (Wildman–Crippen MR) is 143 cm³/mol. The molecule has 1 saturated heterocycles. The maximum atomic E-state index is 13.6. The SMILES string of the molecule is COc1ncc(-c2ccc3ncc4c(c3c2)n(-c2ccc(N3CCC(O)C3)nc2C)c(=O)n4C)c(OC)n1. The fourth-order valence-corrected chi connectivity index (χ4v) is 5.09. The Bertz CT molecular complexity index is 1760. The van der Waals surface area contributed by atoms with Crippen LogP contribution in [0.2, 0.25) is 0 Å². The Labute approximate surface area is 217 Å². The number of benzene rings is 1. The van der Waals surface area contributed by atoms with Gasteiger partial charge in [0.15, 0.2) is 0 Å². The summed E-state index contributed by atoms with van der Waals surface area (Å²) in [6, 6.07) is 9.83. The van der Waals surface area contributed by atoms with Gasteiger partial charge < -0.3 is 19.5 Å². The maximum Gasteiger partial charge on any atom is 0.333 e. The summed E-state index contributed by atoms with van der Waals surface area (Å²) >= 11 is 0. The molecule has 6 rings (SSSR count). The maximum absolute atomic E-state index is 13.6. The number of hydrogen-bond acceptors (Lipinski definition) is 9. The first-order chi connectivity index (χ1) is 18.4. The molecule has 1 aliphatic rings. The van der Waals surface area contributed by atoms with Crippen molar-refractivity contribution in [3.8, 4) is 28.7 Å². The largest absolute Gasteiger partial charge is 0.480 e. The van der Waals surface area contributed by atoms with Crippen molar-refractivity contribution >= 4 is 27.8 Å². The van der Waals surface area contributed by atoms with Gasteiger partial charge in [-0.1, -0.05) is 6.07 Å². The molecular weight excluding hydrogens is 486 g/mol. The lowest BCUT2D eigenvalue weighted by atomic mass is 10.0. The summed E-state index contributed by atoms with van der Waals surface area (Å²) < 4.78 is 13.9. The molecule has 0 spiro atoms. The van der Waals surface area contributed by atoms with E-state index in [1.165, 1.54) is 7.11 Å². The summed E-state index contributed by atoms with van der Waals surface area (Å²) in [6.45, 7) is 3.20. The van der Waals surface area contributed by atoms with E-state index in [2.05, 4.69) is 19.9 Å². The van der Waals surface area contributed by atoms with Gasteiger partial charge in [0.05, 0.1) is 60.0 Å². The summed E-state index contributed by atoms with van der Waals surface area (Å²) in [5.74, 6) is 1.17. The van der Waals surface area contributed by atoms with Crippen molar-refractivity contribution < 1.29 is 14.6 Å². The zero-order chi connectivity index (χ0) is 26.6. The van der Waals surface area contributed by atoms with E-state index in [0.29, 0.717) is 34.9 Å². The van der Waals surface area contributed by atoms with Gasteiger partial charge in [-0.05, 0) is 43.2 Å². The minimum Gasteiger partial charge on any atom is -0.480 e. The Morgan fingerprint density at radius 2 is 1.89 bits per heavy atom. The third kappa shape index (κ3) is 3.74. The van der Waals surface area contributed by atoms with Gasteiger partial charge in [0.2, 0.25) is 5.88 Å². The topological polar surface area (TPSA) is 120 Å². The first kappa shape index (κ1) is 23.9. The molecule has 0 saturated carbocycles. The van der Waals surface area contributed by atoms with Crippen LogP contribution >= 0.6 is 0 Å². The Morgan fingerprint density at radius 3 is 2.61 bits per heavy atom. The van der Waals surface area contributed by atoms with Gasteiger partial charge in [-0.15, -0.1) is 0 Å². The zero-order valence-corrected chi connectivity index (χ0v) is 21.5. The second kappa shape index (κ2) is 9.10. The molecule has 5 heterocycles. The number of pyridine rings is 2. The number of hydrogen-bond donors (Lipinski definition) is 1. The number of anilines is 1. The van der Waals surface area contributed by atoms with E-state index in [9.17, 15) is 9.90 Å². The van der Waals surface area contributed by atoms with Crippen molar-refractivity contribution in [2.45, 2.75) is 19.4 Å². The molecule has 1 fully saturated rings. The molecule has 0 radical (unpaired) electrons. The van der Waals surface area contributed by atoms with Crippen molar-refractivity contribution in [3.05, 3.63) is 58.9 Å². The van der Waals surface area contributed by atoms with Gasteiger partial charge in [-0.3, -0.25) is 14.1 Å². The first-order valence-electron chi connectivity index (χ1n) is 12.3. The Morgan fingerprint density at radius 1 is 1.05 bits per heavy atom. The number of imidazole rings is 1. The number of β-amino-alcohol motifs (C(OH)–C–C–N with tert-alkyl or cyclic N) is 1. The number of methoxy groups -OCH3 is 2. The molecule has 1 atom stereocenters. The van der Waals surface area contributed by atoms with Crippen LogP contribution in [0.5, 0.6) is 11.9 Å². The van der Waals surface area contributed by atoms with Crippen LogP contribution in [0.1, 0.15) is 12.1 Å². The monoisotopic (exact) mass is 513 g/mol. The van der Waals surface area contributed by atoms with Crippen LogP contribution in [0.3, 0.4) is 0 Å². The van der Waals surface area contributed by atoms with Crippen LogP contribution in [0, 0.1) is 6.92 Å². The van der Waals surface area contributed by atoms with Gasteiger partial charge in [0.1, 0.15) is 5.82 Å². The standard InChI is InChI=1S/C27H27N7O4/c1-15-21(7-8-23(30-15)33-10-9-17(35)14-33)34-24-18-11-16(19-12-29-26(38-4)31-25(19)37-3)5-6-20(18)28-13-22(24)32(2)27(34)36/h5-8,11-13,17,35H,9-10,14H2,1-4H3. The molecule has 194 valence electrons. The molecule has 1 aliphatic heterocycles. The first-order valence-corrected chi connectivity index (χ1v) is 12.3. The van der Waals surface area contributed by atoms with E-state index in [-0.39, 0.29) is 17.8 Å². The molecule has 0 bridgehead atoms. The molecule has 0 aliphatic carbocycles. The number of aliphatic hydroxyl groups excluding tert-OH is 1. The van der Waals surface area contributed by atoms with E-state index < -0.39 is 0 Å². The molecule has 1 N–H and O–H groups in total. The summed E-state index contributed by atoms with van der Waals surface area (Å²) in [6.07, 6.45) is 3.74. The van der Waals surface area contributed by atoms with Gasteiger partial charge in [-0.2, -0.15) is 4.98 Å². The fourth-order valence-electron chi connectivity index (χ4n) is 5.09. The highest BCUT2D eigenvalue weighted by Gasteiger charge is 2.23. The van der Waals surface area contributed by atoms with Crippen molar-refractivity contribution in [3.63, 3.8) is 0 Å². The minimum absolute atomic E-state index is 0.195. The Kier molecular flexibility index (Phi) is 5.72. The Hall–Kier alpha value is -4.51. The van der Waals surface area contributed by atoms with Gasteiger partial charge in [0, 0.05) is 31.7 Å². The number of aryl methyl sites for hydroxylation is 2. The summed E-state index contributed by atoms with van der Waals surface area (Å²) in [5.41, 5.74) is 4.87. The molecule has 5 aromatic rings. The van der Waals surface area contributed by atoms with E-state index in [4.69, 9.17) is 14.5 Å². The van der Waals surface area contributed by atoms with Crippen LogP contribution in [0.25, 0.3) is 38.8 Å². The van der Waals surface area contributed by atoms with E-state index in [1.807, 2.05) is 37.3 Å². The molecule has 11 nitrogen and oxygen atoms in total. The van der Waals surface area contributed by atoms with Crippen molar-refractivity contribution in [2.75, 3.05) is 32.2 Å². The normalized spacial score (nSPS) is 15.5. The zero-order valence-electron chi connectivity index (χ0n) is 21.5. The highest BCUT2D eigenvalue weighted by Crippen LogP contribution is 2.34. The highest BCUT2D eigenvalue weighted by molar-refractivity contribution is 6.04. The van der Waals surface area contributed by atoms with Crippen LogP contribution in [0.15, 0.2) is 47.5 Å². The van der Waals surface area contributed by atoms with Crippen LogP contribution in [0.4, 0.5) is 5.82 Å². The lowest BCUT2D eigenvalue weighted by molar-refractivity contribution is 0.198. The van der Waals surface area contributed by atoms with Crippen LogP contribution in [-0.4, -0.2) is 67.6 Å². The lowest BCUT2D eigenvalue weighted by Crippen LogP contribution is -2.24. The number of rotatable bonds is 5. The average Bonchev–Trinajstić information content (AvgIpc) is 3.48. The van der Waals surface area contributed by atoms with Gasteiger partial charge >= 0.3 is 11.7 Å². The van der Waals surface area contributed by atoms with E-state index in [0.717, 1.165) is 40.8 Å². The molecule has 1 aromatic carbocycles. The summed E-state index contributed by atoms with van der Waals surface area (Å²) in [5, 5.41) is 10.7. The van der Waals surface area contributed by atoms with Crippen molar-refractivity contribution in [1.82, 2.24) is 29.1 Å². The van der Waals surface area contributed by atoms with Gasteiger partial charge in [-0.25, -0.2) is 14.8 Å². The number of fused-ring (bicyclic) bond motifs is 3. The fraction of sp³-hybridized carbons (Fsp3) is 0.296. The number of nitrogens with zero attached hydrogens (tertiary/aromatic N) is 7. The summed E-state index contributed by atoms with van der Waals surface area (Å²) in [4.78, 5) is 33.6. The van der Waals surface area contributed by atoms with Gasteiger partial charge in [0.25, 0.3) is 0 Å². The van der Waals surface area contributed by atoms with Crippen molar-refractivity contribution in [1.29, 1.82) is 0 Å². The van der Waals surface area contributed by atoms with Crippen LogP contribution < -0.4 is 20.1 Å². The molecule has 38 heavy (non-hydrogen) atoms. The quantitative estimate of drug-likeness (QED) is 0.378. The number of ether oxygens (including phenoxy) is 2. The third-order valence-electron chi connectivity index (χ3n) is 7.07. The number of aromatic nitrogens is 6. The van der Waals surface area contributed by atoms with Crippen molar-refractivity contribution in [2.24, 2.45) is 7.05 Å². The smallest absolute Gasteiger partial charge is 0.333 e. The Balaban J connectivity index is 1.56. The number of aliphatic hydroxyl groups is 1. The van der Waals surface area contributed by atoms with E-state index >= 15 is 0 Å². The van der Waals surface area contributed by atoms with Crippen LogP contribution in [-0.2, 0) is 7.05 Å². The average molecular weight is 514 g/mol. The second-order valence-electron chi connectivity index (χ2n) is 9.34.